The van der Waals surface area contributed by atoms with Crippen LogP contribution in [-0.2, 0) is 0 Å². The Morgan fingerprint density at radius 1 is 1.11 bits per heavy atom. The summed E-state index contributed by atoms with van der Waals surface area (Å²) in [4.78, 5) is 10.6. The number of hydrogen-bond donors (Lipinski definition) is 0. The Kier molecular flexibility index (Phi) is 4.53. The number of hydrogen-bond acceptors (Lipinski definition) is 1. The van der Waals surface area contributed by atoms with E-state index in [4.69, 9.17) is 0 Å². The summed E-state index contributed by atoms with van der Waals surface area (Å²) < 4.78 is 1.23. The molecule has 0 saturated carbocycles. The third-order valence-corrected chi connectivity index (χ3v) is 3.79. The highest BCUT2D eigenvalue weighted by atomic mass is 127. The van der Waals surface area contributed by atoms with E-state index < -0.39 is 0 Å². The molecular weight excluding hydrogens is 347 g/mol. The van der Waals surface area contributed by atoms with Crippen LogP contribution in [0.3, 0.4) is 0 Å². The van der Waals surface area contributed by atoms with Gasteiger partial charge < -0.3 is 0 Å². The van der Waals surface area contributed by atoms with E-state index in [1.807, 2.05) is 24.3 Å². The number of aldehydes is 1. The van der Waals surface area contributed by atoms with Gasteiger partial charge in [0.05, 0.1) is 0 Å². The van der Waals surface area contributed by atoms with Crippen LogP contribution in [0.5, 0.6) is 0 Å². The number of allylic oxidation sites excluding steroid dienone is 1. The summed E-state index contributed by atoms with van der Waals surface area (Å²) in [5.74, 6) is 0. The Morgan fingerprint density at radius 3 is 2.42 bits per heavy atom. The van der Waals surface area contributed by atoms with E-state index in [-0.39, 0.29) is 0 Å². The summed E-state index contributed by atoms with van der Waals surface area (Å²) in [5.41, 5.74) is 5.56. The van der Waals surface area contributed by atoms with Crippen molar-refractivity contribution in [3.05, 3.63) is 68.3 Å². The minimum absolute atomic E-state index is 0.710. The van der Waals surface area contributed by atoms with Crippen molar-refractivity contribution in [2.75, 3.05) is 0 Å². The Balaban J connectivity index is 2.36. The van der Waals surface area contributed by atoms with Crippen LogP contribution in [0.25, 0.3) is 11.6 Å². The summed E-state index contributed by atoms with van der Waals surface area (Å²) in [6, 6.07) is 14.1. The third kappa shape index (κ3) is 3.53. The maximum Gasteiger partial charge on any atom is 0.150 e. The van der Waals surface area contributed by atoms with Crippen LogP contribution in [0, 0.1) is 10.5 Å². The van der Waals surface area contributed by atoms with E-state index in [0.717, 1.165) is 11.8 Å². The van der Waals surface area contributed by atoms with Crippen molar-refractivity contribution in [3.63, 3.8) is 0 Å². The van der Waals surface area contributed by atoms with Gasteiger partial charge >= 0.3 is 0 Å². The van der Waals surface area contributed by atoms with E-state index in [1.54, 1.807) is 0 Å². The van der Waals surface area contributed by atoms with Crippen molar-refractivity contribution in [1.29, 1.82) is 0 Å². The van der Waals surface area contributed by atoms with Crippen LogP contribution in [0.1, 0.15) is 34.0 Å². The zero-order chi connectivity index (χ0) is 13.8. The molecule has 2 heteroatoms. The molecule has 0 spiro atoms. The number of benzene rings is 2. The molecule has 0 bridgehead atoms. The lowest BCUT2D eigenvalue weighted by atomic mass is 10.0. The highest BCUT2D eigenvalue weighted by molar-refractivity contribution is 14.1. The summed E-state index contributed by atoms with van der Waals surface area (Å²) in [7, 11) is 0. The second-order valence-corrected chi connectivity index (χ2v) is 5.81. The Labute approximate surface area is 127 Å². The van der Waals surface area contributed by atoms with Gasteiger partial charge in [0.1, 0.15) is 6.29 Å². The van der Waals surface area contributed by atoms with E-state index in [1.165, 1.54) is 20.3 Å². The van der Waals surface area contributed by atoms with Gasteiger partial charge in [0, 0.05) is 9.13 Å². The SMILES string of the molecule is C/C(=C\c1cc(I)ccc1C)c1ccc(C=O)cc1. The average molecular weight is 362 g/mol. The molecule has 0 fully saturated rings. The lowest BCUT2D eigenvalue weighted by molar-refractivity contribution is 0.112. The second-order valence-electron chi connectivity index (χ2n) is 4.57. The number of aryl methyl sites for hydroxylation is 1. The van der Waals surface area contributed by atoms with Crippen molar-refractivity contribution in [1.82, 2.24) is 0 Å². The summed E-state index contributed by atoms with van der Waals surface area (Å²) >= 11 is 2.32. The topological polar surface area (TPSA) is 17.1 Å². The molecule has 0 aliphatic rings. The van der Waals surface area contributed by atoms with E-state index in [0.29, 0.717) is 5.56 Å². The van der Waals surface area contributed by atoms with E-state index in [9.17, 15) is 4.79 Å². The molecule has 0 unspecified atom stereocenters. The third-order valence-electron chi connectivity index (χ3n) is 3.12. The molecule has 2 aromatic carbocycles. The van der Waals surface area contributed by atoms with Gasteiger partial charge in [0.15, 0.2) is 0 Å². The average Bonchev–Trinajstić information content (AvgIpc) is 2.43. The molecule has 19 heavy (non-hydrogen) atoms. The predicted molar refractivity (Wildman–Crippen MR) is 89.3 cm³/mol. The summed E-state index contributed by atoms with van der Waals surface area (Å²) in [6.45, 7) is 4.21. The van der Waals surface area contributed by atoms with Crippen molar-refractivity contribution < 1.29 is 4.79 Å². The second kappa shape index (κ2) is 6.15. The first kappa shape index (κ1) is 14.0. The molecule has 0 heterocycles. The Bertz CT molecular complexity index is 624. The monoisotopic (exact) mass is 362 g/mol. The zero-order valence-electron chi connectivity index (χ0n) is 11.0. The number of carbonyl (C=O) groups excluding carboxylic acids is 1. The van der Waals surface area contributed by atoms with Crippen molar-refractivity contribution in [3.8, 4) is 0 Å². The van der Waals surface area contributed by atoms with Gasteiger partial charge in [-0.15, -0.1) is 0 Å². The standard InChI is InChI=1S/C17H15IO/c1-12-3-8-17(18)10-16(12)9-13(2)15-6-4-14(11-19)5-7-15/h3-11H,1-2H3/b13-9+. The van der Waals surface area contributed by atoms with Crippen molar-refractivity contribution >= 4 is 40.5 Å². The van der Waals surface area contributed by atoms with Crippen LogP contribution in [-0.4, -0.2) is 6.29 Å². The van der Waals surface area contributed by atoms with E-state index in [2.05, 4.69) is 60.7 Å². The molecular formula is C17H15IO. The quantitative estimate of drug-likeness (QED) is 0.428. The molecule has 0 aromatic heterocycles. The fourth-order valence-electron chi connectivity index (χ4n) is 1.91. The molecule has 96 valence electrons. The highest BCUT2D eigenvalue weighted by Crippen LogP contribution is 2.21. The van der Waals surface area contributed by atoms with Gasteiger partial charge in [-0.3, -0.25) is 4.79 Å². The Morgan fingerprint density at radius 2 is 1.79 bits per heavy atom. The molecule has 0 amide bonds. The molecule has 0 aliphatic carbocycles. The lowest BCUT2D eigenvalue weighted by Crippen LogP contribution is -1.86. The predicted octanol–water partition coefficient (Wildman–Crippen LogP) is 4.97. The summed E-state index contributed by atoms with van der Waals surface area (Å²) in [6.07, 6.45) is 3.06. The van der Waals surface area contributed by atoms with Gasteiger partial charge in [-0.2, -0.15) is 0 Å². The van der Waals surface area contributed by atoms with Gasteiger partial charge in [0.25, 0.3) is 0 Å². The first-order valence-corrected chi connectivity index (χ1v) is 7.18. The molecule has 2 aromatic rings. The van der Waals surface area contributed by atoms with Gasteiger partial charge in [0.2, 0.25) is 0 Å². The number of rotatable bonds is 3. The molecule has 0 atom stereocenters. The van der Waals surface area contributed by atoms with Crippen LogP contribution in [0.4, 0.5) is 0 Å². The minimum Gasteiger partial charge on any atom is -0.298 e. The largest absolute Gasteiger partial charge is 0.298 e. The lowest BCUT2D eigenvalue weighted by Gasteiger charge is -2.05. The zero-order valence-corrected chi connectivity index (χ0v) is 13.1. The fourth-order valence-corrected chi connectivity index (χ4v) is 2.42. The molecule has 2 rings (SSSR count). The van der Waals surface area contributed by atoms with Crippen LogP contribution in [0.15, 0.2) is 42.5 Å². The van der Waals surface area contributed by atoms with Gasteiger partial charge in [-0.05, 0) is 70.8 Å². The van der Waals surface area contributed by atoms with Gasteiger partial charge in [-0.25, -0.2) is 0 Å². The van der Waals surface area contributed by atoms with E-state index >= 15 is 0 Å². The molecule has 0 radical (unpaired) electrons. The minimum atomic E-state index is 0.710. The summed E-state index contributed by atoms with van der Waals surface area (Å²) in [5, 5.41) is 0. The first-order valence-electron chi connectivity index (χ1n) is 6.10. The van der Waals surface area contributed by atoms with Crippen LogP contribution >= 0.6 is 22.6 Å². The number of halogens is 1. The van der Waals surface area contributed by atoms with Crippen LogP contribution in [0.2, 0.25) is 0 Å². The maximum atomic E-state index is 10.6. The fraction of sp³-hybridized carbons (Fsp3) is 0.118. The maximum absolute atomic E-state index is 10.6. The van der Waals surface area contributed by atoms with Crippen molar-refractivity contribution in [2.24, 2.45) is 0 Å². The molecule has 0 N–H and O–H groups in total. The smallest absolute Gasteiger partial charge is 0.150 e. The normalized spacial score (nSPS) is 11.4. The van der Waals surface area contributed by atoms with Crippen LogP contribution < -0.4 is 0 Å². The number of carbonyl (C=O) groups is 1. The van der Waals surface area contributed by atoms with Crippen molar-refractivity contribution in [2.45, 2.75) is 13.8 Å². The molecule has 1 nitrogen and oxygen atoms in total. The highest BCUT2D eigenvalue weighted by Gasteiger charge is 2.00. The molecule has 0 aliphatic heterocycles. The Hall–Kier alpha value is -1.42. The molecule has 0 saturated heterocycles. The van der Waals surface area contributed by atoms with Gasteiger partial charge in [-0.1, -0.05) is 36.4 Å². The first-order chi connectivity index (χ1) is 9.10.